The molecule has 194 valence electrons. The lowest BCUT2D eigenvalue weighted by Gasteiger charge is -2.43. The highest BCUT2D eigenvalue weighted by molar-refractivity contribution is 7.86. The molecule has 0 saturated carbocycles. The van der Waals surface area contributed by atoms with Gasteiger partial charge in [0.1, 0.15) is 0 Å². The molecule has 2 aliphatic rings. The molecule has 0 radical (unpaired) electrons. The average Bonchev–Trinajstić information content (AvgIpc) is 3.26. The molecule has 0 aliphatic carbocycles. The van der Waals surface area contributed by atoms with Gasteiger partial charge in [0.25, 0.3) is 10.2 Å². The molecule has 1 amide bonds. The number of nitriles is 1. The van der Waals surface area contributed by atoms with Crippen molar-refractivity contribution in [1.82, 2.24) is 23.1 Å². The summed E-state index contributed by atoms with van der Waals surface area (Å²) in [6, 6.07) is 7.43. The lowest BCUT2D eigenvalue weighted by Crippen LogP contribution is -2.55. The quantitative estimate of drug-likeness (QED) is 0.595. The van der Waals surface area contributed by atoms with Gasteiger partial charge >= 0.3 is 6.09 Å². The summed E-state index contributed by atoms with van der Waals surface area (Å²) in [5.41, 5.74) is 3.46. The largest absolute Gasteiger partial charge is 0.465 e. The molecular formula is C24H33N7O4S. The lowest BCUT2D eigenvalue weighted by molar-refractivity contribution is 0.117. The smallest absolute Gasteiger partial charge is 0.407 e. The second kappa shape index (κ2) is 10.5. The Labute approximate surface area is 212 Å². The zero-order chi connectivity index (χ0) is 26.0. The zero-order valence-electron chi connectivity index (χ0n) is 20.9. The van der Waals surface area contributed by atoms with E-state index in [9.17, 15) is 23.6 Å². The first kappa shape index (κ1) is 25.9. The number of aromatic nitrogens is 2. The van der Waals surface area contributed by atoms with Crippen molar-refractivity contribution in [2.24, 2.45) is 13.0 Å². The fourth-order valence-corrected chi connectivity index (χ4v) is 6.41. The van der Waals surface area contributed by atoms with Gasteiger partial charge in [0.2, 0.25) is 0 Å². The van der Waals surface area contributed by atoms with Crippen LogP contribution >= 0.6 is 0 Å². The molecule has 4 rings (SSSR count). The van der Waals surface area contributed by atoms with Crippen molar-refractivity contribution in [1.29, 1.82) is 5.26 Å². The van der Waals surface area contributed by atoms with Crippen LogP contribution < -0.4 is 4.90 Å². The van der Waals surface area contributed by atoms with Crippen LogP contribution in [0.15, 0.2) is 30.7 Å². The molecule has 12 heteroatoms. The van der Waals surface area contributed by atoms with Crippen LogP contribution in [0.2, 0.25) is 0 Å². The molecule has 1 fully saturated rings. The van der Waals surface area contributed by atoms with Crippen molar-refractivity contribution in [3.8, 4) is 6.07 Å². The van der Waals surface area contributed by atoms with Gasteiger partial charge in [-0.2, -0.15) is 22.3 Å². The minimum Gasteiger partial charge on any atom is -0.465 e. The number of benzene rings is 1. The number of hydrogen-bond acceptors (Lipinski definition) is 6. The molecule has 1 saturated heterocycles. The van der Waals surface area contributed by atoms with E-state index in [1.165, 1.54) is 23.3 Å². The van der Waals surface area contributed by atoms with Gasteiger partial charge in [-0.15, -0.1) is 0 Å². The lowest BCUT2D eigenvalue weighted by atomic mass is 9.93. The van der Waals surface area contributed by atoms with Gasteiger partial charge in [0.05, 0.1) is 30.2 Å². The maximum absolute atomic E-state index is 13.6. The van der Waals surface area contributed by atoms with Crippen molar-refractivity contribution >= 4 is 22.0 Å². The van der Waals surface area contributed by atoms with E-state index in [4.69, 9.17) is 0 Å². The van der Waals surface area contributed by atoms with E-state index >= 15 is 0 Å². The molecule has 0 spiro atoms. The maximum atomic E-state index is 13.6. The van der Waals surface area contributed by atoms with Crippen LogP contribution in [0.25, 0.3) is 0 Å². The number of likely N-dealkylation sites (tertiary alicyclic amines) is 1. The minimum atomic E-state index is -3.75. The number of anilines is 1. The summed E-state index contributed by atoms with van der Waals surface area (Å²) in [6.07, 6.45) is 4.33. The van der Waals surface area contributed by atoms with Gasteiger partial charge < -0.3 is 19.5 Å². The van der Waals surface area contributed by atoms with Crippen LogP contribution in [0, 0.1) is 17.2 Å². The summed E-state index contributed by atoms with van der Waals surface area (Å²) in [5, 5.41) is 18.7. The number of aryl methyl sites for hydroxylation is 1. The van der Waals surface area contributed by atoms with Crippen LogP contribution in [-0.4, -0.2) is 89.0 Å². The molecule has 1 unspecified atom stereocenters. The number of nitrogens with zero attached hydrogens (tertiary/aromatic N) is 7. The monoisotopic (exact) mass is 515 g/mol. The highest BCUT2D eigenvalue weighted by Crippen LogP contribution is 2.33. The van der Waals surface area contributed by atoms with E-state index in [-0.39, 0.29) is 12.0 Å². The standard InChI is InChI=1S/C24H33N7O4S/c1-27(2)36(34,35)31(14-18-6-8-29(9-7-18)24(32)33)21-11-20-10-19(12-25)4-5-23(20)30(15-21)16-22-13-26-17-28(22)3/h4-5,10,13,17-18,21H,6-9,11,14-16H2,1-3H3,(H,32,33). The molecule has 2 aromatic rings. The average molecular weight is 516 g/mol. The molecule has 3 heterocycles. The van der Waals surface area contributed by atoms with Gasteiger partial charge in [0, 0.05) is 65.2 Å². The molecule has 1 aromatic carbocycles. The molecule has 1 atom stereocenters. The third kappa shape index (κ3) is 5.33. The Hall–Kier alpha value is -3.14. The van der Waals surface area contributed by atoms with Crippen LogP contribution in [0.1, 0.15) is 29.7 Å². The second-order valence-electron chi connectivity index (χ2n) is 9.76. The minimum absolute atomic E-state index is 0.0627. The van der Waals surface area contributed by atoms with Gasteiger partial charge in [0.15, 0.2) is 0 Å². The normalized spacial score (nSPS) is 18.9. The number of carboxylic acid groups (broad SMARTS) is 1. The highest BCUT2D eigenvalue weighted by Gasteiger charge is 2.38. The number of fused-ring (bicyclic) bond motifs is 1. The summed E-state index contributed by atoms with van der Waals surface area (Å²) >= 11 is 0. The Morgan fingerprint density at radius 3 is 2.58 bits per heavy atom. The summed E-state index contributed by atoms with van der Waals surface area (Å²) in [4.78, 5) is 19.1. The van der Waals surface area contributed by atoms with Gasteiger partial charge in [-0.25, -0.2) is 9.78 Å². The van der Waals surface area contributed by atoms with Crippen LogP contribution in [0.4, 0.5) is 10.5 Å². The first-order valence-electron chi connectivity index (χ1n) is 12.0. The number of amides is 1. The topological polar surface area (TPSA) is 126 Å². The molecule has 0 bridgehead atoms. The number of hydrogen-bond donors (Lipinski definition) is 1. The second-order valence-corrected chi connectivity index (χ2v) is 11.9. The van der Waals surface area contributed by atoms with E-state index in [0.29, 0.717) is 57.5 Å². The zero-order valence-corrected chi connectivity index (χ0v) is 21.7. The van der Waals surface area contributed by atoms with Gasteiger partial charge in [-0.05, 0) is 48.9 Å². The summed E-state index contributed by atoms with van der Waals surface area (Å²) in [6.45, 7) is 2.18. The molecule has 36 heavy (non-hydrogen) atoms. The van der Waals surface area contributed by atoms with Crippen molar-refractivity contribution in [3.05, 3.63) is 47.5 Å². The third-order valence-corrected chi connectivity index (χ3v) is 9.16. The van der Waals surface area contributed by atoms with E-state index in [1.54, 1.807) is 22.9 Å². The Kier molecular flexibility index (Phi) is 7.54. The summed E-state index contributed by atoms with van der Waals surface area (Å²) < 4.78 is 31.9. The molecule has 1 aromatic heterocycles. The SMILES string of the molecule is CN(C)S(=O)(=O)N(CC1CCN(C(=O)O)CC1)C1Cc2cc(C#N)ccc2N(Cc2cncn2C)C1. The highest BCUT2D eigenvalue weighted by atomic mass is 32.2. The Balaban J connectivity index is 1.65. The third-order valence-electron chi connectivity index (χ3n) is 7.19. The Morgan fingerprint density at radius 2 is 2.00 bits per heavy atom. The fraction of sp³-hybridized carbons (Fsp3) is 0.542. The van der Waals surface area contributed by atoms with Crippen molar-refractivity contribution < 1.29 is 18.3 Å². The molecular weight excluding hydrogens is 482 g/mol. The van der Waals surface area contributed by atoms with Crippen molar-refractivity contribution in [2.75, 3.05) is 45.2 Å². The molecule has 2 aliphatic heterocycles. The first-order valence-corrected chi connectivity index (χ1v) is 13.4. The van der Waals surface area contributed by atoms with Gasteiger partial charge in [-0.3, -0.25) is 0 Å². The number of carbonyl (C=O) groups is 1. The summed E-state index contributed by atoms with van der Waals surface area (Å²) in [5.74, 6) is 0.0627. The first-order chi connectivity index (χ1) is 17.1. The Bertz CT molecular complexity index is 1250. The number of imidazole rings is 1. The number of piperidine rings is 1. The number of rotatable bonds is 7. The van der Waals surface area contributed by atoms with Gasteiger partial charge in [-0.1, -0.05) is 0 Å². The fourth-order valence-electron chi connectivity index (χ4n) is 5.08. The summed E-state index contributed by atoms with van der Waals surface area (Å²) in [7, 11) is 1.24. The molecule has 1 N–H and O–H groups in total. The maximum Gasteiger partial charge on any atom is 0.407 e. The van der Waals surface area contributed by atoms with Crippen LogP contribution in [0.5, 0.6) is 0 Å². The predicted octanol–water partition coefficient (Wildman–Crippen LogP) is 1.72. The van der Waals surface area contributed by atoms with Crippen LogP contribution in [-0.2, 0) is 30.2 Å². The Morgan fingerprint density at radius 1 is 1.28 bits per heavy atom. The van der Waals surface area contributed by atoms with E-state index in [2.05, 4.69) is 16.0 Å². The van der Waals surface area contributed by atoms with Crippen LogP contribution in [0.3, 0.4) is 0 Å². The molecule has 11 nitrogen and oxygen atoms in total. The van der Waals surface area contributed by atoms with E-state index < -0.39 is 16.3 Å². The predicted molar refractivity (Wildman–Crippen MR) is 135 cm³/mol. The van der Waals surface area contributed by atoms with Crippen molar-refractivity contribution in [3.63, 3.8) is 0 Å². The van der Waals surface area contributed by atoms with E-state index in [0.717, 1.165) is 16.9 Å². The van der Waals surface area contributed by atoms with E-state index in [1.807, 2.05) is 23.7 Å². The van der Waals surface area contributed by atoms with Crippen molar-refractivity contribution in [2.45, 2.75) is 31.8 Å².